The van der Waals surface area contributed by atoms with Crippen LogP contribution in [-0.4, -0.2) is 45.7 Å². The van der Waals surface area contributed by atoms with Crippen LogP contribution in [0, 0.1) is 6.92 Å². The molecule has 0 aliphatic rings. The summed E-state index contributed by atoms with van der Waals surface area (Å²) in [6.07, 6.45) is 0. The molecule has 2 rings (SSSR count). The normalized spacial score (nSPS) is 11.9. The van der Waals surface area contributed by atoms with Crippen LogP contribution in [0.25, 0.3) is 0 Å². The summed E-state index contributed by atoms with van der Waals surface area (Å²) in [5, 5.41) is 5.91. The van der Waals surface area contributed by atoms with E-state index < -0.39 is 0 Å². The van der Waals surface area contributed by atoms with Gasteiger partial charge in [-0.25, -0.2) is 4.79 Å². The van der Waals surface area contributed by atoms with Crippen molar-refractivity contribution in [3.63, 3.8) is 0 Å². The summed E-state index contributed by atoms with van der Waals surface area (Å²) in [6.45, 7) is 2.53. The minimum Gasteiger partial charge on any atom is -0.378 e. The first-order valence-corrected chi connectivity index (χ1v) is 8.42. The molecule has 1 atom stereocenters. The van der Waals surface area contributed by atoms with Gasteiger partial charge in [0.25, 0.3) is 0 Å². The second-order valence-corrected chi connectivity index (χ2v) is 6.62. The number of benzene rings is 2. The van der Waals surface area contributed by atoms with Gasteiger partial charge >= 0.3 is 6.03 Å². The molecular formula is C20H28N4O. The van der Waals surface area contributed by atoms with Gasteiger partial charge in [0.15, 0.2) is 0 Å². The molecule has 0 spiro atoms. The van der Waals surface area contributed by atoms with Crippen LogP contribution in [0.3, 0.4) is 0 Å². The molecule has 0 saturated heterocycles. The molecular weight excluding hydrogens is 312 g/mol. The smallest absolute Gasteiger partial charge is 0.319 e. The van der Waals surface area contributed by atoms with Crippen LogP contribution < -0.4 is 15.5 Å². The molecule has 2 N–H and O–H groups in total. The molecule has 5 heteroatoms. The molecule has 134 valence electrons. The molecule has 0 bridgehead atoms. The number of carbonyl (C=O) groups excluding carboxylic acids is 1. The Morgan fingerprint density at radius 3 is 2.28 bits per heavy atom. The third-order valence-corrected chi connectivity index (χ3v) is 4.24. The first-order valence-electron chi connectivity index (χ1n) is 8.42. The van der Waals surface area contributed by atoms with Crippen LogP contribution in [0.1, 0.15) is 17.2 Å². The molecule has 0 aliphatic carbocycles. The van der Waals surface area contributed by atoms with Crippen molar-refractivity contribution < 1.29 is 4.79 Å². The number of amides is 2. The maximum atomic E-state index is 12.3. The average Bonchev–Trinajstić information content (AvgIpc) is 2.57. The SMILES string of the molecule is Cc1cc(N(C)C)ccc1NC(=O)NCC(c1ccccc1)N(C)C. The zero-order valence-electron chi connectivity index (χ0n) is 15.7. The van der Waals surface area contributed by atoms with Gasteiger partial charge in [0.05, 0.1) is 6.04 Å². The van der Waals surface area contributed by atoms with E-state index in [0.29, 0.717) is 6.54 Å². The molecule has 2 amide bonds. The van der Waals surface area contributed by atoms with Gasteiger partial charge in [0.2, 0.25) is 0 Å². The van der Waals surface area contributed by atoms with Gasteiger partial charge in [0, 0.05) is 32.0 Å². The van der Waals surface area contributed by atoms with E-state index in [0.717, 1.165) is 16.9 Å². The zero-order valence-corrected chi connectivity index (χ0v) is 15.7. The average molecular weight is 340 g/mol. The maximum absolute atomic E-state index is 12.3. The van der Waals surface area contributed by atoms with Crippen LogP contribution in [0.2, 0.25) is 0 Å². The van der Waals surface area contributed by atoms with Gasteiger partial charge in [0.1, 0.15) is 0 Å². The Hall–Kier alpha value is -2.53. The van der Waals surface area contributed by atoms with Gasteiger partial charge in [-0.3, -0.25) is 0 Å². The Morgan fingerprint density at radius 1 is 1.04 bits per heavy atom. The number of hydrogen-bond donors (Lipinski definition) is 2. The summed E-state index contributed by atoms with van der Waals surface area (Å²) in [5.41, 5.74) is 4.15. The van der Waals surface area contributed by atoms with Gasteiger partial charge in [-0.15, -0.1) is 0 Å². The van der Waals surface area contributed by atoms with Crippen LogP contribution >= 0.6 is 0 Å². The lowest BCUT2D eigenvalue weighted by Crippen LogP contribution is -2.37. The molecule has 0 fully saturated rings. The topological polar surface area (TPSA) is 47.6 Å². The third kappa shape index (κ3) is 5.22. The van der Waals surface area contributed by atoms with Crippen LogP contribution in [0.4, 0.5) is 16.2 Å². The predicted octanol–water partition coefficient (Wildman–Crippen LogP) is 3.49. The lowest BCUT2D eigenvalue weighted by Gasteiger charge is -2.25. The minimum absolute atomic E-state index is 0.129. The van der Waals surface area contributed by atoms with Crippen molar-refractivity contribution in [1.82, 2.24) is 10.2 Å². The first kappa shape index (κ1) is 18.8. The summed E-state index contributed by atoms with van der Waals surface area (Å²) in [6, 6.07) is 16.1. The van der Waals surface area contributed by atoms with Crippen molar-refractivity contribution in [2.24, 2.45) is 0 Å². The molecule has 0 saturated carbocycles. The van der Waals surface area contributed by atoms with E-state index in [9.17, 15) is 4.79 Å². The lowest BCUT2D eigenvalue weighted by atomic mass is 10.1. The monoisotopic (exact) mass is 340 g/mol. The van der Waals surface area contributed by atoms with Crippen molar-refractivity contribution >= 4 is 17.4 Å². The Morgan fingerprint density at radius 2 is 1.72 bits per heavy atom. The number of hydrogen-bond acceptors (Lipinski definition) is 3. The number of carbonyl (C=O) groups is 1. The zero-order chi connectivity index (χ0) is 18.4. The minimum atomic E-state index is -0.191. The van der Waals surface area contributed by atoms with Gasteiger partial charge in [-0.05, 0) is 50.3 Å². The highest BCUT2D eigenvalue weighted by molar-refractivity contribution is 5.90. The molecule has 1 unspecified atom stereocenters. The third-order valence-electron chi connectivity index (χ3n) is 4.24. The van der Waals surface area contributed by atoms with E-state index in [-0.39, 0.29) is 12.1 Å². The van der Waals surface area contributed by atoms with Crippen LogP contribution in [0.5, 0.6) is 0 Å². The number of urea groups is 1. The molecule has 0 radical (unpaired) electrons. The molecule has 2 aromatic carbocycles. The largest absolute Gasteiger partial charge is 0.378 e. The molecule has 5 nitrogen and oxygen atoms in total. The van der Waals surface area contributed by atoms with Gasteiger partial charge in [-0.2, -0.15) is 0 Å². The fourth-order valence-electron chi connectivity index (χ4n) is 2.70. The van der Waals surface area contributed by atoms with Crippen molar-refractivity contribution in [2.45, 2.75) is 13.0 Å². The summed E-state index contributed by atoms with van der Waals surface area (Å²) in [5.74, 6) is 0. The van der Waals surface area contributed by atoms with E-state index in [1.54, 1.807) is 0 Å². The van der Waals surface area contributed by atoms with Crippen molar-refractivity contribution in [1.29, 1.82) is 0 Å². The second-order valence-electron chi connectivity index (χ2n) is 6.62. The van der Waals surface area contributed by atoms with E-state index >= 15 is 0 Å². The molecule has 0 aliphatic heterocycles. The van der Waals surface area contributed by atoms with E-state index in [1.165, 1.54) is 5.56 Å². The summed E-state index contributed by atoms with van der Waals surface area (Å²) >= 11 is 0. The summed E-state index contributed by atoms with van der Waals surface area (Å²) in [7, 11) is 8.03. The fraction of sp³-hybridized carbons (Fsp3) is 0.350. The summed E-state index contributed by atoms with van der Waals surface area (Å²) in [4.78, 5) is 16.4. The number of nitrogens with zero attached hydrogens (tertiary/aromatic N) is 2. The Bertz CT molecular complexity index is 698. The standard InChI is InChI=1S/C20H28N4O/c1-15-13-17(23(2)3)11-12-18(15)22-20(25)21-14-19(24(4)5)16-9-7-6-8-10-16/h6-13,19H,14H2,1-5H3,(H2,21,22,25). The Balaban J connectivity index is 1.98. The van der Waals surface area contributed by atoms with Crippen LogP contribution in [-0.2, 0) is 0 Å². The second kappa shape index (κ2) is 8.53. The Kier molecular flexibility index (Phi) is 6.42. The highest BCUT2D eigenvalue weighted by atomic mass is 16.2. The number of rotatable bonds is 6. The number of likely N-dealkylation sites (N-methyl/N-ethyl adjacent to an activating group) is 1. The van der Waals surface area contributed by atoms with Gasteiger partial charge in [-0.1, -0.05) is 30.3 Å². The summed E-state index contributed by atoms with van der Waals surface area (Å²) < 4.78 is 0. The van der Waals surface area contributed by atoms with Crippen molar-refractivity contribution in [3.05, 3.63) is 59.7 Å². The predicted molar refractivity (Wildman–Crippen MR) is 105 cm³/mol. The van der Waals surface area contributed by atoms with Gasteiger partial charge < -0.3 is 20.4 Å². The number of nitrogens with one attached hydrogen (secondary N) is 2. The van der Waals surface area contributed by atoms with Crippen LogP contribution in [0.15, 0.2) is 48.5 Å². The van der Waals surface area contributed by atoms with Crippen molar-refractivity contribution in [2.75, 3.05) is 45.0 Å². The molecule has 0 heterocycles. The van der Waals surface area contributed by atoms with E-state index in [4.69, 9.17) is 0 Å². The lowest BCUT2D eigenvalue weighted by molar-refractivity contribution is 0.243. The number of aryl methyl sites for hydroxylation is 1. The Labute approximate surface area is 150 Å². The van der Waals surface area contributed by atoms with E-state index in [2.05, 4.69) is 33.7 Å². The highest BCUT2D eigenvalue weighted by Gasteiger charge is 2.15. The first-order chi connectivity index (χ1) is 11.9. The number of anilines is 2. The maximum Gasteiger partial charge on any atom is 0.319 e. The quantitative estimate of drug-likeness (QED) is 0.846. The molecule has 0 aromatic heterocycles. The molecule has 25 heavy (non-hydrogen) atoms. The highest BCUT2D eigenvalue weighted by Crippen LogP contribution is 2.21. The van der Waals surface area contributed by atoms with E-state index in [1.807, 2.05) is 70.3 Å². The van der Waals surface area contributed by atoms with Crippen molar-refractivity contribution in [3.8, 4) is 0 Å². The fourth-order valence-corrected chi connectivity index (χ4v) is 2.70. The molecule has 2 aromatic rings.